The van der Waals surface area contributed by atoms with Crippen LogP contribution in [0.5, 0.6) is 0 Å². The van der Waals surface area contributed by atoms with Crippen molar-refractivity contribution < 1.29 is 4.39 Å². The molecular formula is C15H17ClFN. The van der Waals surface area contributed by atoms with Crippen LogP contribution >= 0.6 is 12.4 Å². The Labute approximate surface area is 113 Å². The van der Waals surface area contributed by atoms with Crippen LogP contribution in [0.3, 0.4) is 0 Å². The van der Waals surface area contributed by atoms with Crippen molar-refractivity contribution in [3.63, 3.8) is 0 Å². The van der Waals surface area contributed by atoms with E-state index in [-0.39, 0.29) is 18.2 Å². The van der Waals surface area contributed by atoms with Crippen molar-refractivity contribution in [1.82, 2.24) is 5.32 Å². The van der Waals surface area contributed by atoms with Gasteiger partial charge < -0.3 is 5.32 Å². The lowest BCUT2D eigenvalue weighted by Gasteiger charge is -2.05. The summed E-state index contributed by atoms with van der Waals surface area (Å²) in [6, 6.07) is 15.0. The number of hydrogen-bond acceptors (Lipinski definition) is 1. The van der Waals surface area contributed by atoms with Crippen molar-refractivity contribution in [2.75, 3.05) is 13.6 Å². The van der Waals surface area contributed by atoms with Gasteiger partial charge in [0.1, 0.15) is 5.82 Å². The van der Waals surface area contributed by atoms with Crippen LogP contribution in [0.4, 0.5) is 4.39 Å². The van der Waals surface area contributed by atoms with Gasteiger partial charge in [-0.15, -0.1) is 12.4 Å². The third kappa shape index (κ3) is 3.83. The summed E-state index contributed by atoms with van der Waals surface area (Å²) >= 11 is 0. The average Bonchev–Trinajstić information content (AvgIpc) is 2.37. The Balaban J connectivity index is 0.00000162. The molecule has 0 aliphatic rings. The van der Waals surface area contributed by atoms with Crippen molar-refractivity contribution in [2.45, 2.75) is 6.42 Å². The van der Waals surface area contributed by atoms with Gasteiger partial charge in [0.05, 0.1) is 0 Å². The van der Waals surface area contributed by atoms with Crippen LogP contribution in [0.1, 0.15) is 5.56 Å². The average molecular weight is 266 g/mol. The molecule has 0 bridgehead atoms. The molecule has 0 atom stereocenters. The Hall–Kier alpha value is -1.38. The summed E-state index contributed by atoms with van der Waals surface area (Å²) < 4.78 is 13.1. The monoisotopic (exact) mass is 265 g/mol. The summed E-state index contributed by atoms with van der Waals surface area (Å²) in [5, 5.41) is 3.12. The van der Waals surface area contributed by atoms with Crippen LogP contribution in [-0.4, -0.2) is 13.6 Å². The summed E-state index contributed by atoms with van der Waals surface area (Å²) in [5.74, 6) is -0.192. The number of rotatable bonds is 4. The molecule has 0 amide bonds. The fraction of sp³-hybridized carbons (Fsp3) is 0.200. The standard InChI is InChI=1S/C15H16FN.ClH/c1-17-9-8-12-4-2-5-13(10-12)14-6-3-7-15(16)11-14;/h2-7,10-11,17H,8-9H2,1H3;1H. The van der Waals surface area contributed by atoms with Gasteiger partial charge in [0, 0.05) is 0 Å². The Bertz CT molecular complexity index is 499. The molecule has 0 unspecified atom stereocenters. The SMILES string of the molecule is CNCCc1cccc(-c2cccc(F)c2)c1.Cl. The van der Waals surface area contributed by atoms with E-state index in [0.29, 0.717) is 0 Å². The number of benzene rings is 2. The molecule has 1 nitrogen and oxygen atoms in total. The van der Waals surface area contributed by atoms with E-state index in [4.69, 9.17) is 0 Å². The van der Waals surface area contributed by atoms with E-state index in [9.17, 15) is 4.39 Å². The molecule has 2 aromatic carbocycles. The molecule has 0 aliphatic heterocycles. The first-order valence-corrected chi connectivity index (χ1v) is 5.79. The molecule has 0 fully saturated rings. The van der Waals surface area contributed by atoms with Crippen LogP contribution in [0, 0.1) is 5.82 Å². The Kier molecular flexibility index (Phi) is 5.83. The molecule has 3 heteroatoms. The second-order valence-electron chi connectivity index (χ2n) is 4.06. The molecule has 0 aliphatic carbocycles. The Morgan fingerprint density at radius 1 is 1.00 bits per heavy atom. The highest BCUT2D eigenvalue weighted by atomic mass is 35.5. The summed E-state index contributed by atoms with van der Waals surface area (Å²) in [6.07, 6.45) is 0.986. The van der Waals surface area contributed by atoms with Gasteiger partial charge in [-0.3, -0.25) is 0 Å². The summed E-state index contributed by atoms with van der Waals surface area (Å²) in [7, 11) is 1.94. The summed E-state index contributed by atoms with van der Waals surface area (Å²) in [6.45, 7) is 0.951. The van der Waals surface area contributed by atoms with Gasteiger partial charge in [-0.25, -0.2) is 4.39 Å². The lowest BCUT2D eigenvalue weighted by Crippen LogP contribution is -2.10. The molecule has 0 aromatic heterocycles. The number of halogens is 2. The predicted molar refractivity (Wildman–Crippen MR) is 76.7 cm³/mol. The largest absolute Gasteiger partial charge is 0.319 e. The van der Waals surface area contributed by atoms with Gasteiger partial charge >= 0.3 is 0 Å². The predicted octanol–water partition coefficient (Wildman–Crippen LogP) is 3.68. The minimum Gasteiger partial charge on any atom is -0.319 e. The molecule has 96 valence electrons. The lowest BCUT2D eigenvalue weighted by molar-refractivity contribution is 0.628. The number of nitrogens with one attached hydrogen (secondary N) is 1. The van der Waals surface area contributed by atoms with E-state index >= 15 is 0 Å². The number of likely N-dealkylation sites (N-methyl/N-ethyl adjacent to an activating group) is 1. The van der Waals surface area contributed by atoms with Crippen LogP contribution < -0.4 is 5.32 Å². The molecule has 2 rings (SSSR count). The summed E-state index contributed by atoms with van der Waals surface area (Å²) in [5.41, 5.74) is 3.26. The maximum Gasteiger partial charge on any atom is 0.123 e. The van der Waals surface area contributed by atoms with Crippen LogP contribution in [0.2, 0.25) is 0 Å². The van der Waals surface area contributed by atoms with Crippen molar-refractivity contribution in [2.24, 2.45) is 0 Å². The third-order valence-corrected chi connectivity index (χ3v) is 2.75. The second kappa shape index (κ2) is 7.14. The lowest BCUT2D eigenvalue weighted by atomic mass is 10.0. The quantitative estimate of drug-likeness (QED) is 0.889. The normalized spacial score (nSPS) is 9.89. The minimum absolute atomic E-state index is 0. The van der Waals surface area contributed by atoms with E-state index < -0.39 is 0 Å². The van der Waals surface area contributed by atoms with Crippen molar-refractivity contribution >= 4 is 12.4 Å². The Morgan fingerprint density at radius 2 is 1.67 bits per heavy atom. The number of hydrogen-bond donors (Lipinski definition) is 1. The second-order valence-corrected chi connectivity index (χ2v) is 4.06. The highest BCUT2D eigenvalue weighted by Gasteiger charge is 2.00. The van der Waals surface area contributed by atoms with E-state index in [1.54, 1.807) is 12.1 Å². The highest BCUT2D eigenvalue weighted by molar-refractivity contribution is 5.85. The molecule has 0 radical (unpaired) electrons. The van der Waals surface area contributed by atoms with E-state index in [2.05, 4.69) is 17.4 Å². The molecule has 1 N–H and O–H groups in total. The van der Waals surface area contributed by atoms with Gasteiger partial charge in [-0.05, 0) is 48.8 Å². The first-order valence-electron chi connectivity index (χ1n) is 5.79. The van der Waals surface area contributed by atoms with Gasteiger partial charge in [0.15, 0.2) is 0 Å². The fourth-order valence-electron chi connectivity index (χ4n) is 1.84. The fourth-order valence-corrected chi connectivity index (χ4v) is 1.84. The van der Waals surface area contributed by atoms with Crippen LogP contribution in [-0.2, 0) is 6.42 Å². The summed E-state index contributed by atoms with van der Waals surface area (Å²) in [4.78, 5) is 0. The smallest absolute Gasteiger partial charge is 0.123 e. The zero-order valence-electron chi connectivity index (χ0n) is 10.3. The maximum absolute atomic E-state index is 13.1. The molecule has 0 saturated carbocycles. The van der Waals surface area contributed by atoms with E-state index in [1.165, 1.54) is 11.6 Å². The topological polar surface area (TPSA) is 12.0 Å². The van der Waals surface area contributed by atoms with Crippen LogP contribution in [0.15, 0.2) is 48.5 Å². The molecule has 0 heterocycles. The molecule has 0 saturated heterocycles. The zero-order valence-corrected chi connectivity index (χ0v) is 11.1. The van der Waals surface area contributed by atoms with E-state index in [0.717, 1.165) is 24.1 Å². The van der Waals surface area contributed by atoms with Crippen molar-refractivity contribution in [1.29, 1.82) is 0 Å². The van der Waals surface area contributed by atoms with Gasteiger partial charge in [0.2, 0.25) is 0 Å². The maximum atomic E-state index is 13.1. The first-order chi connectivity index (χ1) is 8.29. The van der Waals surface area contributed by atoms with Gasteiger partial charge in [-0.2, -0.15) is 0 Å². The Morgan fingerprint density at radius 3 is 2.33 bits per heavy atom. The van der Waals surface area contributed by atoms with Crippen molar-refractivity contribution in [3.8, 4) is 11.1 Å². The van der Waals surface area contributed by atoms with E-state index in [1.807, 2.05) is 25.2 Å². The molecule has 2 aromatic rings. The highest BCUT2D eigenvalue weighted by Crippen LogP contribution is 2.21. The van der Waals surface area contributed by atoms with Gasteiger partial charge in [0.25, 0.3) is 0 Å². The molecule has 0 spiro atoms. The minimum atomic E-state index is -0.192. The van der Waals surface area contributed by atoms with Gasteiger partial charge in [-0.1, -0.05) is 36.4 Å². The third-order valence-electron chi connectivity index (χ3n) is 2.75. The first kappa shape index (κ1) is 14.7. The van der Waals surface area contributed by atoms with Crippen LogP contribution in [0.25, 0.3) is 11.1 Å². The van der Waals surface area contributed by atoms with Crippen molar-refractivity contribution in [3.05, 3.63) is 59.9 Å². The molecular weight excluding hydrogens is 249 g/mol. The molecule has 18 heavy (non-hydrogen) atoms. The zero-order chi connectivity index (χ0) is 12.1.